The fraction of sp³-hybridized carbons (Fsp3) is 0.320. The van der Waals surface area contributed by atoms with Crippen molar-refractivity contribution in [3.8, 4) is 17.1 Å². The van der Waals surface area contributed by atoms with Crippen molar-refractivity contribution in [2.75, 3.05) is 43.1 Å². The van der Waals surface area contributed by atoms with E-state index in [2.05, 4.69) is 75.0 Å². The van der Waals surface area contributed by atoms with Crippen LogP contribution in [-0.4, -0.2) is 53.1 Å². The van der Waals surface area contributed by atoms with Gasteiger partial charge >= 0.3 is 0 Å². The molecular formula is C25H28N6O. The molecule has 0 aliphatic carbocycles. The summed E-state index contributed by atoms with van der Waals surface area (Å²) in [5.41, 5.74) is 3.81. The van der Waals surface area contributed by atoms with Gasteiger partial charge in [-0.3, -0.25) is 0 Å². The molecule has 5 rings (SSSR count). The topological polar surface area (TPSA) is 58.8 Å². The van der Waals surface area contributed by atoms with Crippen molar-refractivity contribution in [2.24, 2.45) is 0 Å². The van der Waals surface area contributed by atoms with E-state index in [9.17, 15) is 0 Å². The van der Waals surface area contributed by atoms with Crippen LogP contribution in [0.15, 0.2) is 55.3 Å². The fourth-order valence-electron chi connectivity index (χ4n) is 4.35. The van der Waals surface area contributed by atoms with E-state index in [1.807, 2.05) is 19.3 Å². The van der Waals surface area contributed by atoms with Gasteiger partial charge in [-0.1, -0.05) is 37.3 Å². The quantitative estimate of drug-likeness (QED) is 0.402. The lowest BCUT2D eigenvalue weighted by molar-refractivity contribution is 0.312. The minimum absolute atomic E-state index is 0.628. The molecule has 32 heavy (non-hydrogen) atoms. The number of aromatic nitrogens is 4. The third kappa shape index (κ3) is 3.43. The summed E-state index contributed by atoms with van der Waals surface area (Å²) < 4.78 is 7.70. The fourth-order valence-corrected chi connectivity index (χ4v) is 4.35. The molecule has 164 valence electrons. The zero-order valence-corrected chi connectivity index (χ0v) is 18.7. The highest BCUT2D eigenvalue weighted by Crippen LogP contribution is 2.35. The van der Waals surface area contributed by atoms with E-state index in [1.54, 1.807) is 4.52 Å². The Balaban J connectivity index is 1.62. The number of fused-ring (bicyclic) bond motifs is 4. The maximum absolute atomic E-state index is 5.92. The summed E-state index contributed by atoms with van der Waals surface area (Å²) in [6, 6.07) is 12.9. The van der Waals surface area contributed by atoms with Crippen LogP contribution in [0.4, 0.5) is 11.4 Å². The number of benzene rings is 2. The van der Waals surface area contributed by atoms with Crippen molar-refractivity contribution in [2.45, 2.75) is 19.8 Å². The van der Waals surface area contributed by atoms with Gasteiger partial charge in [-0.2, -0.15) is 9.61 Å². The van der Waals surface area contributed by atoms with Crippen molar-refractivity contribution in [3.05, 3.63) is 55.3 Å². The van der Waals surface area contributed by atoms with Gasteiger partial charge in [0.15, 0.2) is 11.6 Å². The summed E-state index contributed by atoms with van der Waals surface area (Å²) in [6.45, 7) is 9.53. The predicted molar refractivity (Wildman–Crippen MR) is 130 cm³/mol. The Labute approximate surface area is 187 Å². The van der Waals surface area contributed by atoms with E-state index in [0.717, 1.165) is 49.5 Å². The van der Waals surface area contributed by atoms with E-state index in [1.165, 1.54) is 16.5 Å². The van der Waals surface area contributed by atoms with E-state index >= 15 is 0 Å². The van der Waals surface area contributed by atoms with Gasteiger partial charge in [0.05, 0.1) is 12.7 Å². The van der Waals surface area contributed by atoms with Gasteiger partial charge < -0.3 is 14.5 Å². The summed E-state index contributed by atoms with van der Waals surface area (Å²) in [4.78, 5) is 4.57. The first-order valence-corrected chi connectivity index (χ1v) is 11.2. The van der Waals surface area contributed by atoms with Gasteiger partial charge in [0.2, 0.25) is 5.65 Å². The summed E-state index contributed by atoms with van der Waals surface area (Å²) in [5.74, 6) is 1.46. The summed E-state index contributed by atoms with van der Waals surface area (Å²) in [6.07, 6.45) is 5.85. The standard InChI is InChI=1S/C25H28N6O/c1-4-6-13-30(12-5-2)21-9-7-8-18-10-11-19(16-20(18)21)24-27-28-25-23-22(17-26-31(24)25)29(3)14-15-32-23/h4,7-11,16-17H,1,5-6,12-15H2,2-3H3. The number of rotatable bonds is 7. The number of hydrogen-bond donors (Lipinski definition) is 0. The van der Waals surface area contributed by atoms with Crippen molar-refractivity contribution < 1.29 is 4.74 Å². The molecule has 1 aliphatic heterocycles. The minimum Gasteiger partial charge on any atom is -0.486 e. The molecule has 7 nitrogen and oxygen atoms in total. The van der Waals surface area contributed by atoms with Crippen LogP contribution < -0.4 is 14.5 Å². The van der Waals surface area contributed by atoms with Gasteiger partial charge in [0, 0.05) is 36.8 Å². The van der Waals surface area contributed by atoms with Crippen molar-refractivity contribution in [3.63, 3.8) is 0 Å². The van der Waals surface area contributed by atoms with E-state index in [-0.39, 0.29) is 0 Å². The normalized spacial score (nSPS) is 13.2. The van der Waals surface area contributed by atoms with E-state index in [0.29, 0.717) is 18.1 Å². The second-order valence-corrected chi connectivity index (χ2v) is 8.17. The van der Waals surface area contributed by atoms with Crippen LogP contribution >= 0.6 is 0 Å². The molecule has 0 bridgehead atoms. The van der Waals surface area contributed by atoms with Crippen molar-refractivity contribution in [1.29, 1.82) is 0 Å². The molecule has 2 aromatic carbocycles. The predicted octanol–water partition coefficient (Wildman–Crippen LogP) is 4.57. The zero-order valence-electron chi connectivity index (χ0n) is 18.7. The van der Waals surface area contributed by atoms with Gasteiger partial charge in [-0.25, -0.2) is 0 Å². The van der Waals surface area contributed by atoms with Crippen LogP contribution in [0.3, 0.4) is 0 Å². The van der Waals surface area contributed by atoms with Crippen LogP contribution in [0.25, 0.3) is 27.8 Å². The Morgan fingerprint density at radius 3 is 2.94 bits per heavy atom. The Kier molecular flexibility index (Phi) is 5.39. The molecule has 0 saturated heterocycles. The average molecular weight is 429 g/mol. The van der Waals surface area contributed by atoms with Crippen molar-refractivity contribution in [1.82, 2.24) is 19.8 Å². The third-order valence-electron chi connectivity index (χ3n) is 6.01. The lowest BCUT2D eigenvalue weighted by Crippen LogP contribution is -2.29. The molecule has 0 spiro atoms. The number of nitrogens with zero attached hydrogens (tertiary/aromatic N) is 6. The minimum atomic E-state index is 0.628. The van der Waals surface area contributed by atoms with Gasteiger partial charge in [0.1, 0.15) is 12.3 Å². The van der Waals surface area contributed by atoms with Crippen LogP contribution in [0.5, 0.6) is 5.75 Å². The Morgan fingerprint density at radius 2 is 2.09 bits per heavy atom. The van der Waals surface area contributed by atoms with Gasteiger partial charge in [0.25, 0.3) is 0 Å². The monoisotopic (exact) mass is 428 g/mol. The van der Waals surface area contributed by atoms with Crippen LogP contribution in [-0.2, 0) is 0 Å². The zero-order chi connectivity index (χ0) is 22.1. The molecule has 0 fully saturated rings. The molecule has 4 aromatic rings. The van der Waals surface area contributed by atoms with Gasteiger partial charge in [-0.15, -0.1) is 16.8 Å². The third-order valence-corrected chi connectivity index (χ3v) is 6.01. The second-order valence-electron chi connectivity index (χ2n) is 8.17. The SMILES string of the molecule is C=CCCN(CCC)c1cccc2ccc(-c3nnc4c5c(cnn34)N(C)CCO5)cc12. The average Bonchev–Trinajstić information content (AvgIpc) is 3.26. The molecule has 0 amide bonds. The first-order valence-electron chi connectivity index (χ1n) is 11.2. The molecular weight excluding hydrogens is 400 g/mol. The number of likely N-dealkylation sites (N-methyl/N-ethyl adjacent to an activating group) is 1. The van der Waals surface area contributed by atoms with Crippen molar-refractivity contribution >= 4 is 27.8 Å². The molecule has 0 radical (unpaired) electrons. The molecule has 7 heteroatoms. The molecule has 0 N–H and O–H groups in total. The Bertz CT molecular complexity index is 1280. The lowest BCUT2D eigenvalue weighted by atomic mass is 10.0. The van der Waals surface area contributed by atoms with Gasteiger partial charge in [-0.05, 0) is 30.4 Å². The number of anilines is 2. The lowest BCUT2D eigenvalue weighted by Gasteiger charge is -2.26. The maximum Gasteiger partial charge on any atom is 0.222 e. The van der Waals surface area contributed by atoms with Crippen LogP contribution in [0.1, 0.15) is 19.8 Å². The largest absolute Gasteiger partial charge is 0.486 e. The highest BCUT2D eigenvalue weighted by Gasteiger charge is 2.23. The number of hydrogen-bond acceptors (Lipinski definition) is 6. The van der Waals surface area contributed by atoms with Crippen LogP contribution in [0, 0.1) is 0 Å². The molecule has 0 unspecified atom stereocenters. The van der Waals surface area contributed by atoms with E-state index < -0.39 is 0 Å². The first kappa shape index (κ1) is 20.3. The number of ether oxygens (including phenoxy) is 1. The molecule has 1 aliphatic rings. The van der Waals surface area contributed by atoms with Crippen LogP contribution in [0.2, 0.25) is 0 Å². The first-order chi connectivity index (χ1) is 15.7. The molecule has 0 atom stereocenters. The smallest absolute Gasteiger partial charge is 0.222 e. The Hall–Kier alpha value is -3.61. The highest BCUT2D eigenvalue weighted by molar-refractivity contribution is 5.97. The summed E-state index contributed by atoms with van der Waals surface area (Å²) in [7, 11) is 2.04. The summed E-state index contributed by atoms with van der Waals surface area (Å²) in [5, 5.41) is 16.0. The van der Waals surface area contributed by atoms with E-state index in [4.69, 9.17) is 4.74 Å². The molecule has 0 saturated carbocycles. The Morgan fingerprint density at radius 1 is 1.19 bits per heavy atom. The molecule has 2 aromatic heterocycles. The summed E-state index contributed by atoms with van der Waals surface area (Å²) >= 11 is 0. The second kappa shape index (κ2) is 8.49. The maximum atomic E-state index is 5.92. The highest BCUT2D eigenvalue weighted by atomic mass is 16.5. The molecule has 3 heterocycles.